The van der Waals surface area contributed by atoms with E-state index in [4.69, 9.17) is 0 Å². The second-order valence-corrected chi connectivity index (χ2v) is 6.06. The molecule has 0 aliphatic carbocycles. The van der Waals surface area contributed by atoms with E-state index < -0.39 is 0 Å². The minimum Gasteiger partial charge on any atom is -0.369 e. The third kappa shape index (κ3) is 5.77. The third-order valence-electron chi connectivity index (χ3n) is 2.84. The standard InChI is InChI=1S/C16H23N5/c1-16(2,3)20-15-19-14(12-18-21-15)17-11-7-10-13-8-5-4-6-9-13/h4-6,8-9,12H,7,10-11H2,1-3H3,(H2,17,19,20,21). The molecule has 0 atom stereocenters. The van der Waals surface area contributed by atoms with Gasteiger partial charge in [0.2, 0.25) is 5.95 Å². The Kier molecular flexibility index (Phi) is 5.09. The summed E-state index contributed by atoms with van der Waals surface area (Å²) in [5.74, 6) is 1.31. The number of rotatable bonds is 6. The highest BCUT2D eigenvalue weighted by Crippen LogP contribution is 2.10. The van der Waals surface area contributed by atoms with Gasteiger partial charge < -0.3 is 10.6 Å². The molecule has 2 rings (SSSR count). The predicted molar refractivity (Wildman–Crippen MR) is 86.5 cm³/mol. The quantitative estimate of drug-likeness (QED) is 0.798. The Morgan fingerprint density at radius 2 is 1.86 bits per heavy atom. The van der Waals surface area contributed by atoms with Crippen molar-refractivity contribution in [3.8, 4) is 0 Å². The summed E-state index contributed by atoms with van der Waals surface area (Å²) < 4.78 is 0. The largest absolute Gasteiger partial charge is 0.369 e. The Balaban J connectivity index is 1.79. The molecule has 0 bridgehead atoms. The fraction of sp³-hybridized carbons (Fsp3) is 0.438. The molecule has 5 nitrogen and oxygen atoms in total. The second kappa shape index (κ2) is 7.02. The number of nitrogens with zero attached hydrogens (tertiary/aromatic N) is 3. The number of anilines is 2. The van der Waals surface area contributed by atoms with Crippen molar-refractivity contribution >= 4 is 11.8 Å². The molecule has 0 amide bonds. The second-order valence-electron chi connectivity index (χ2n) is 6.06. The number of benzene rings is 1. The van der Waals surface area contributed by atoms with Gasteiger partial charge in [0.05, 0.1) is 6.20 Å². The summed E-state index contributed by atoms with van der Waals surface area (Å²) in [6, 6.07) is 10.5. The summed E-state index contributed by atoms with van der Waals surface area (Å²) in [6.07, 6.45) is 3.76. The number of hydrogen-bond donors (Lipinski definition) is 2. The maximum Gasteiger partial charge on any atom is 0.245 e. The van der Waals surface area contributed by atoms with E-state index >= 15 is 0 Å². The summed E-state index contributed by atoms with van der Waals surface area (Å²) in [6.45, 7) is 7.06. The van der Waals surface area contributed by atoms with E-state index in [9.17, 15) is 0 Å². The van der Waals surface area contributed by atoms with Crippen LogP contribution in [0.2, 0.25) is 0 Å². The highest BCUT2D eigenvalue weighted by molar-refractivity contribution is 5.38. The molecular weight excluding hydrogens is 262 g/mol. The molecule has 0 unspecified atom stereocenters. The lowest BCUT2D eigenvalue weighted by Gasteiger charge is -2.20. The van der Waals surface area contributed by atoms with Gasteiger partial charge in [0.1, 0.15) is 0 Å². The first-order valence-corrected chi connectivity index (χ1v) is 7.29. The number of aryl methyl sites for hydroxylation is 1. The first kappa shape index (κ1) is 15.2. The Bertz CT molecular complexity index is 548. The van der Waals surface area contributed by atoms with Gasteiger partial charge in [-0.1, -0.05) is 30.3 Å². The van der Waals surface area contributed by atoms with Crippen LogP contribution in [-0.2, 0) is 6.42 Å². The van der Waals surface area contributed by atoms with Crippen LogP contribution >= 0.6 is 0 Å². The van der Waals surface area contributed by atoms with Crippen LogP contribution in [0.3, 0.4) is 0 Å². The molecule has 5 heteroatoms. The lowest BCUT2D eigenvalue weighted by atomic mass is 10.1. The van der Waals surface area contributed by atoms with E-state index in [0.717, 1.165) is 25.2 Å². The SMILES string of the molecule is CC(C)(C)Nc1nncc(NCCCc2ccccc2)n1. The van der Waals surface area contributed by atoms with Gasteiger partial charge in [-0.2, -0.15) is 10.1 Å². The molecule has 1 heterocycles. The van der Waals surface area contributed by atoms with Crippen LogP contribution in [0.4, 0.5) is 11.8 Å². The van der Waals surface area contributed by atoms with E-state index in [1.54, 1.807) is 6.20 Å². The first-order valence-electron chi connectivity index (χ1n) is 7.29. The molecule has 112 valence electrons. The average molecular weight is 285 g/mol. The Morgan fingerprint density at radius 1 is 1.10 bits per heavy atom. The summed E-state index contributed by atoms with van der Waals surface area (Å²) >= 11 is 0. The van der Waals surface area contributed by atoms with Gasteiger partial charge >= 0.3 is 0 Å². The zero-order valence-corrected chi connectivity index (χ0v) is 12.9. The van der Waals surface area contributed by atoms with Crippen molar-refractivity contribution in [2.45, 2.75) is 39.2 Å². The molecule has 0 saturated carbocycles. The highest BCUT2D eigenvalue weighted by atomic mass is 15.3. The zero-order valence-electron chi connectivity index (χ0n) is 12.9. The van der Waals surface area contributed by atoms with Crippen molar-refractivity contribution in [1.29, 1.82) is 0 Å². The van der Waals surface area contributed by atoms with Gasteiger partial charge in [-0.3, -0.25) is 0 Å². The normalized spacial score (nSPS) is 11.2. The third-order valence-corrected chi connectivity index (χ3v) is 2.84. The molecule has 21 heavy (non-hydrogen) atoms. The molecule has 2 aromatic rings. The highest BCUT2D eigenvalue weighted by Gasteiger charge is 2.11. The van der Waals surface area contributed by atoms with Gasteiger partial charge in [-0.25, -0.2) is 0 Å². The van der Waals surface area contributed by atoms with Gasteiger partial charge in [0, 0.05) is 12.1 Å². The maximum absolute atomic E-state index is 4.41. The molecule has 0 saturated heterocycles. The molecule has 1 aromatic carbocycles. The van der Waals surface area contributed by atoms with Crippen LogP contribution in [-0.4, -0.2) is 27.3 Å². The Labute approximate surface area is 126 Å². The van der Waals surface area contributed by atoms with Gasteiger partial charge in [-0.15, -0.1) is 5.10 Å². The van der Waals surface area contributed by atoms with E-state index in [2.05, 4.69) is 70.9 Å². The van der Waals surface area contributed by atoms with Crippen molar-refractivity contribution in [2.24, 2.45) is 0 Å². The number of hydrogen-bond acceptors (Lipinski definition) is 5. The van der Waals surface area contributed by atoms with Crippen molar-refractivity contribution in [3.05, 3.63) is 42.1 Å². The maximum atomic E-state index is 4.41. The average Bonchev–Trinajstić information content (AvgIpc) is 2.43. The van der Waals surface area contributed by atoms with Gasteiger partial charge in [0.15, 0.2) is 5.82 Å². The molecule has 0 fully saturated rings. The van der Waals surface area contributed by atoms with Crippen molar-refractivity contribution in [1.82, 2.24) is 15.2 Å². The van der Waals surface area contributed by atoms with Crippen molar-refractivity contribution < 1.29 is 0 Å². The van der Waals surface area contributed by atoms with Crippen LogP contribution in [0.1, 0.15) is 32.8 Å². The monoisotopic (exact) mass is 285 g/mol. The molecular formula is C16H23N5. The summed E-state index contributed by atoms with van der Waals surface area (Å²) in [4.78, 5) is 4.41. The fourth-order valence-corrected chi connectivity index (χ4v) is 1.93. The van der Waals surface area contributed by atoms with Crippen LogP contribution in [0.15, 0.2) is 36.5 Å². The van der Waals surface area contributed by atoms with E-state index in [0.29, 0.717) is 5.95 Å². The molecule has 1 aromatic heterocycles. The molecule has 0 radical (unpaired) electrons. The zero-order chi connectivity index (χ0) is 15.1. The Hall–Kier alpha value is -2.17. The molecule has 0 aliphatic rings. The van der Waals surface area contributed by atoms with Crippen LogP contribution in [0.5, 0.6) is 0 Å². The topological polar surface area (TPSA) is 62.7 Å². The minimum atomic E-state index is -0.0758. The van der Waals surface area contributed by atoms with Crippen molar-refractivity contribution in [3.63, 3.8) is 0 Å². The van der Waals surface area contributed by atoms with Gasteiger partial charge in [-0.05, 0) is 39.2 Å². The lowest BCUT2D eigenvalue weighted by molar-refractivity contribution is 0.623. The van der Waals surface area contributed by atoms with E-state index in [1.165, 1.54) is 5.56 Å². The Morgan fingerprint density at radius 3 is 2.57 bits per heavy atom. The minimum absolute atomic E-state index is 0.0758. The summed E-state index contributed by atoms with van der Waals surface area (Å²) in [5, 5.41) is 14.5. The number of nitrogens with one attached hydrogen (secondary N) is 2. The van der Waals surface area contributed by atoms with E-state index in [-0.39, 0.29) is 5.54 Å². The molecule has 0 spiro atoms. The van der Waals surface area contributed by atoms with E-state index in [1.807, 2.05) is 6.07 Å². The molecule has 0 aliphatic heterocycles. The summed E-state index contributed by atoms with van der Waals surface area (Å²) in [7, 11) is 0. The fourth-order valence-electron chi connectivity index (χ4n) is 1.93. The summed E-state index contributed by atoms with van der Waals surface area (Å²) in [5.41, 5.74) is 1.28. The predicted octanol–water partition coefficient (Wildman–Crippen LogP) is 3.13. The molecule has 2 N–H and O–H groups in total. The van der Waals surface area contributed by atoms with Crippen LogP contribution in [0, 0.1) is 0 Å². The number of aromatic nitrogens is 3. The lowest BCUT2D eigenvalue weighted by Crippen LogP contribution is -2.27. The van der Waals surface area contributed by atoms with Crippen LogP contribution in [0.25, 0.3) is 0 Å². The van der Waals surface area contributed by atoms with Crippen molar-refractivity contribution in [2.75, 3.05) is 17.2 Å². The van der Waals surface area contributed by atoms with Gasteiger partial charge in [0.25, 0.3) is 0 Å². The smallest absolute Gasteiger partial charge is 0.245 e. The first-order chi connectivity index (χ1) is 10.0. The van der Waals surface area contributed by atoms with Crippen LogP contribution < -0.4 is 10.6 Å².